The lowest BCUT2D eigenvalue weighted by molar-refractivity contribution is -0.166. The molecule has 0 N–H and O–H groups in total. The van der Waals surface area contributed by atoms with Crippen LogP contribution in [0.1, 0.15) is 27.0 Å². The van der Waals surface area contributed by atoms with Gasteiger partial charge in [-0.25, -0.2) is 4.98 Å². The zero-order valence-corrected chi connectivity index (χ0v) is 17.3. The molecule has 1 aliphatic heterocycles. The van der Waals surface area contributed by atoms with Crippen LogP contribution in [0.25, 0.3) is 11.0 Å². The number of nitrogens with zero attached hydrogens (tertiary/aromatic N) is 2. The highest BCUT2D eigenvalue weighted by Gasteiger charge is 2.50. The normalized spacial score (nSPS) is 23.8. The Hall–Kier alpha value is -2.36. The molecule has 4 atom stereocenters. The summed E-state index contributed by atoms with van der Waals surface area (Å²) < 4.78 is 23.3. The molecule has 29 heavy (non-hydrogen) atoms. The Morgan fingerprint density at radius 2 is 1.66 bits per heavy atom. The van der Waals surface area contributed by atoms with E-state index in [1.165, 1.54) is 27.1 Å². The molecule has 1 aromatic carbocycles. The number of hydrogen-bond acceptors (Lipinski definition) is 8. The van der Waals surface area contributed by atoms with Crippen LogP contribution in [0.5, 0.6) is 0 Å². The summed E-state index contributed by atoms with van der Waals surface area (Å²) >= 11 is 12.2. The van der Waals surface area contributed by atoms with Gasteiger partial charge in [0.2, 0.25) is 0 Å². The van der Waals surface area contributed by atoms with Crippen molar-refractivity contribution >= 4 is 52.1 Å². The Balaban J connectivity index is 2.03. The number of fused-ring (bicyclic) bond motifs is 1. The fraction of sp³-hybridized carbons (Fsp3) is 0.444. The number of rotatable bonds is 5. The molecule has 0 radical (unpaired) electrons. The van der Waals surface area contributed by atoms with Crippen molar-refractivity contribution in [1.82, 2.24) is 9.55 Å². The van der Waals surface area contributed by atoms with Gasteiger partial charge >= 0.3 is 17.9 Å². The van der Waals surface area contributed by atoms with E-state index in [2.05, 4.69) is 4.98 Å². The molecule has 1 aromatic heterocycles. The van der Waals surface area contributed by atoms with E-state index in [9.17, 15) is 14.4 Å². The average molecular weight is 445 g/mol. The smallest absolute Gasteiger partial charge is 0.303 e. The van der Waals surface area contributed by atoms with Crippen molar-refractivity contribution in [2.45, 2.75) is 45.3 Å². The van der Waals surface area contributed by atoms with Gasteiger partial charge in [0.15, 0.2) is 18.4 Å². The molecule has 156 valence electrons. The van der Waals surface area contributed by atoms with Crippen molar-refractivity contribution in [2.24, 2.45) is 0 Å². The number of imidazole rings is 1. The molecule has 0 aliphatic carbocycles. The number of ether oxygens (including phenoxy) is 4. The summed E-state index contributed by atoms with van der Waals surface area (Å²) in [6.07, 6.45) is -2.31. The van der Waals surface area contributed by atoms with Gasteiger partial charge in [-0.1, -0.05) is 23.2 Å². The van der Waals surface area contributed by atoms with Crippen molar-refractivity contribution in [2.75, 3.05) is 6.61 Å². The number of halogens is 2. The van der Waals surface area contributed by atoms with E-state index in [1.54, 1.807) is 16.7 Å². The minimum absolute atomic E-state index is 0.194. The summed E-state index contributed by atoms with van der Waals surface area (Å²) in [5.74, 6) is -1.73. The van der Waals surface area contributed by atoms with Crippen molar-refractivity contribution in [3.63, 3.8) is 0 Å². The maximum Gasteiger partial charge on any atom is 0.303 e. The maximum absolute atomic E-state index is 11.7. The first-order chi connectivity index (χ1) is 13.7. The molecule has 0 spiro atoms. The first-order valence-electron chi connectivity index (χ1n) is 8.62. The molecular weight excluding hydrogens is 427 g/mol. The van der Waals surface area contributed by atoms with Gasteiger partial charge in [-0.05, 0) is 12.1 Å². The fourth-order valence-corrected chi connectivity index (χ4v) is 3.46. The minimum atomic E-state index is -1.01. The van der Waals surface area contributed by atoms with Crippen LogP contribution in [0.15, 0.2) is 18.5 Å². The number of carbonyl (C=O) groups is 3. The van der Waals surface area contributed by atoms with Crippen LogP contribution < -0.4 is 0 Å². The Morgan fingerprint density at radius 1 is 1.03 bits per heavy atom. The molecule has 11 heteroatoms. The quantitative estimate of drug-likeness (QED) is 0.511. The van der Waals surface area contributed by atoms with E-state index >= 15 is 0 Å². The van der Waals surface area contributed by atoms with Crippen LogP contribution in [-0.2, 0) is 33.3 Å². The largest absolute Gasteiger partial charge is 0.463 e. The third-order valence-electron chi connectivity index (χ3n) is 4.23. The lowest BCUT2D eigenvalue weighted by Gasteiger charge is -2.24. The minimum Gasteiger partial charge on any atom is -0.463 e. The summed E-state index contributed by atoms with van der Waals surface area (Å²) in [6, 6.07) is 3.19. The molecule has 2 heterocycles. The third kappa shape index (κ3) is 4.63. The Morgan fingerprint density at radius 3 is 2.28 bits per heavy atom. The zero-order chi connectivity index (χ0) is 21.3. The molecule has 0 amide bonds. The second-order valence-corrected chi connectivity index (χ2v) is 7.24. The number of hydrogen-bond donors (Lipinski definition) is 0. The van der Waals surface area contributed by atoms with E-state index in [-0.39, 0.29) is 6.61 Å². The number of carbonyl (C=O) groups excluding carboxylic acids is 3. The second kappa shape index (κ2) is 8.56. The first-order valence-corrected chi connectivity index (χ1v) is 9.37. The van der Waals surface area contributed by atoms with E-state index in [4.69, 9.17) is 42.1 Å². The van der Waals surface area contributed by atoms with E-state index in [1.807, 2.05) is 0 Å². The lowest BCUT2D eigenvalue weighted by atomic mass is 10.1. The molecule has 0 saturated carbocycles. The summed E-state index contributed by atoms with van der Waals surface area (Å²) in [7, 11) is 0. The van der Waals surface area contributed by atoms with Gasteiger partial charge in [0.05, 0.1) is 27.4 Å². The molecule has 0 unspecified atom stereocenters. The predicted octanol–water partition coefficient (Wildman–Crippen LogP) is 2.67. The molecular formula is C18H18Cl2N2O7. The molecule has 1 fully saturated rings. The SMILES string of the molecule is CC(=O)OC[C@@H]1O[C@H](n2cnc3cc(Cl)c(Cl)cc32)[C@@H](OC(C)=O)[C@H]1OC(C)=O. The van der Waals surface area contributed by atoms with E-state index < -0.39 is 42.4 Å². The predicted molar refractivity (Wildman–Crippen MR) is 101 cm³/mol. The topological polar surface area (TPSA) is 106 Å². The number of benzene rings is 1. The molecule has 2 aromatic rings. The third-order valence-corrected chi connectivity index (χ3v) is 4.95. The van der Waals surface area contributed by atoms with Crippen LogP contribution >= 0.6 is 23.2 Å². The first kappa shape index (κ1) is 21.4. The van der Waals surface area contributed by atoms with Gasteiger partial charge in [0.1, 0.15) is 12.7 Å². The van der Waals surface area contributed by atoms with Gasteiger partial charge in [-0.3, -0.25) is 14.4 Å². The van der Waals surface area contributed by atoms with Gasteiger partial charge < -0.3 is 23.5 Å². The van der Waals surface area contributed by atoms with Crippen molar-refractivity contribution in [1.29, 1.82) is 0 Å². The van der Waals surface area contributed by atoms with Crippen LogP contribution in [0.4, 0.5) is 0 Å². The number of aromatic nitrogens is 2. The molecule has 3 rings (SSSR count). The second-order valence-electron chi connectivity index (χ2n) is 6.42. The maximum atomic E-state index is 11.7. The van der Waals surface area contributed by atoms with Gasteiger partial charge in [0, 0.05) is 20.8 Å². The Labute approximate surface area is 175 Å². The Kier molecular flexibility index (Phi) is 6.30. The zero-order valence-electron chi connectivity index (χ0n) is 15.8. The number of esters is 3. The molecule has 1 saturated heterocycles. The van der Waals surface area contributed by atoms with Crippen LogP contribution in [0, 0.1) is 0 Å². The van der Waals surface area contributed by atoms with Crippen molar-refractivity contribution in [3.05, 3.63) is 28.5 Å². The van der Waals surface area contributed by atoms with E-state index in [0.717, 1.165) is 0 Å². The Bertz CT molecular complexity index is 961. The molecule has 1 aliphatic rings. The summed E-state index contributed by atoms with van der Waals surface area (Å²) in [6.45, 7) is 3.49. The highest BCUT2D eigenvalue weighted by Crippen LogP contribution is 2.37. The average Bonchev–Trinajstić information content (AvgIpc) is 3.14. The summed E-state index contributed by atoms with van der Waals surface area (Å²) in [4.78, 5) is 38.8. The van der Waals surface area contributed by atoms with Gasteiger partial charge in [-0.15, -0.1) is 0 Å². The monoisotopic (exact) mass is 444 g/mol. The van der Waals surface area contributed by atoms with Gasteiger partial charge in [0.25, 0.3) is 0 Å². The van der Waals surface area contributed by atoms with Crippen LogP contribution in [0.2, 0.25) is 10.0 Å². The summed E-state index contributed by atoms with van der Waals surface area (Å²) in [5.41, 5.74) is 1.10. The lowest BCUT2D eigenvalue weighted by Crippen LogP contribution is -2.40. The fourth-order valence-electron chi connectivity index (χ4n) is 3.14. The summed E-state index contributed by atoms with van der Waals surface area (Å²) in [5, 5.41) is 0.634. The van der Waals surface area contributed by atoms with Gasteiger partial charge in [-0.2, -0.15) is 0 Å². The van der Waals surface area contributed by atoms with Crippen LogP contribution in [0.3, 0.4) is 0 Å². The van der Waals surface area contributed by atoms with Crippen molar-refractivity contribution in [3.8, 4) is 0 Å². The van der Waals surface area contributed by atoms with Crippen LogP contribution in [-0.4, -0.2) is 52.4 Å². The molecule has 9 nitrogen and oxygen atoms in total. The highest BCUT2D eigenvalue weighted by molar-refractivity contribution is 6.42. The highest BCUT2D eigenvalue weighted by atomic mass is 35.5. The van der Waals surface area contributed by atoms with Crippen molar-refractivity contribution < 1.29 is 33.3 Å². The standard InChI is InChI=1S/C18H18Cl2N2O7/c1-8(23)26-6-15-16(27-9(2)24)17(28-10(3)25)18(29-15)22-7-21-13-4-11(19)12(20)5-14(13)22/h4-5,7,15-18H,6H2,1-3H3/t15-,16-,17-,18-/m0/s1. The molecule has 0 bridgehead atoms. The van der Waals surface area contributed by atoms with E-state index in [0.29, 0.717) is 21.1 Å².